The summed E-state index contributed by atoms with van der Waals surface area (Å²) in [5.74, 6) is 0.724. The lowest BCUT2D eigenvalue weighted by Crippen LogP contribution is -2.40. The molecule has 1 N–H and O–H groups in total. The molecule has 0 bridgehead atoms. The third-order valence-electron chi connectivity index (χ3n) is 3.96. The lowest BCUT2D eigenvalue weighted by atomic mass is 10.0. The molecule has 0 amide bonds. The van der Waals surface area contributed by atoms with Crippen LogP contribution in [0.1, 0.15) is 39.2 Å². The van der Waals surface area contributed by atoms with Crippen molar-refractivity contribution >= 4 is 5.69 Å². The van der Waals surface area contributed by atoms with E-state index in [0.717, 1.165) is 45.2 Å². The van der Waals surface area contributed by atoms with E-state index in [1.54, 1.807) is 0 Å². The van der Waals surface area contributed by atoms with Gasteiger partial charge in [0.1, 0.15) is 0 Å². The molecule has 1 aromatic rings. The first kappa shape index (κ1) is 16.3. The maximum absolute atomic E-state index is 5.70. The van der Waals surface area contributed by atoms with E-state index in [-0.39, 0.29) is 0 Å². The van der Waals surface area contributed by atoms with E-state index < -0.39 is 0 Å². The standard InChI is InChI=1S/C18H30N2O/c1-4-10-21-11-9-20-14-17(12-15(2)3)19-13-16-7-5-6-8-18(16)20/h5-8,15,17,19H,4,9-14H2,1-3H3. The van der Waals surface area contributed by atoms with Crippen molar-refractivity contribution in [3.05, 3.63) is 29.8 Å². The molecular weight excluding hydrogens is 260 g/mol. The van der Waals surface area contributed by atoms with Crippen molar-refractivity contribution in [3.63, 3.8) is 0 Å². The summed E-state index contributed by atoms with van der Waals surface area (Å²) in [5, 5.41) is 3.72. The molecule has 0 spiro atoms. The molecule has 0 radical (unpaired) electrons. The van der Waals surface area contributed by atoms with Crippen LogP contribution in [0.25, 0.3) is 0 Å². The second-order valence-corrected chi connectivity index (χ2v) is 6.39. The molecule has 0 saturated carbocycles. The maximum atomic E-state index is 5.70. The number of para-hydroxylation sites is 1. The van der Waals surface area contributed by atoms with Crippen LogP contribution in [0.2, 0.25) is 0 Å². The second-order valence-electron chi connectivity index (χ2n) is 6.39. The fourth-order valence-corrected chi connectivity index (χ4v) is 3.01. The Morgan fingerprint density at radius 2 is 2.10 bits per heavy atom. The lowest BCUT2D eigenvalue weighted by molar-refractivity contribution is 0.140. The van der Waals surface area contributed by atoms with E-state index in [4.69, 9.17) is 4.74 Å². The molecule has 118 valence electrons. The zero-order valence-electron chi connectivity index (χ0n) is 13.8. The van der Waals surface area contributed by atoms with Gasteiger partial charge in [0.2, 0.25) is 0 Å². The number of nitrogens with zero attached hydrogens (tertiary/aromatic N) is 1. The first-order chi connectivity index (χ1) is 10.2. The Labute approximate surface area is 129 Å². The van der Waals surface area contributed by atoms with Gasteiger partial charge in [0, 0.05) is 38.0 Å². The summed E-state index contributed by atoms with van der Waals surface area (Å²) in [6.07, 6.45) is 2.31. The van der Waals surface area contributed by atoms with Gasteiger partial charge in [-0.1, -0.05) is 39.0 Å². The van der Waals surface area contributed by atoms with Crippen molar-refractivity contribution in [2.24, 2.45) is 5.92 Å². The summed E-state index contributed by atoms with van der Waals surface area (Å²) in [6.45, 7) is 11.5. The van der Waals surface area contributed by atoms with Crippen LogP contribution in [0.5, 0.6) is 0 Å². The normalized spacial score (nSPS) is 18.7. The van der Waals surface area contributed by atoms with Crippen LogP contribution in [0.4, 0.5) is 5.69 Å². The average molecular weight is 290 g/mol. The molecule has 1 heterocycles. The lowest BCUT2D eigenvalue weighted by Gasteiger charge is -2.28. The van der Waals surface area contributed by atoms with E-state index in [2.05, 4.69) is 55.3 Å². The third kappa shape index (κ3) is 5.01. The van der Waals surface area contributed by atoms with Gasteiger partial charge in [-0.3, -0.25) is 0 Å². The van der Waals surface area contributed by atoms with Crippen LogP contribution in [-0.2, 0) is 11.3 Å². The number of fused-ring (bicyclic) bond motifs is 1. The highest BCUT2D eigenvalue weighted by atomic mass is 16.5. The van der Waals surface area contributed by atoms with Gasteiger partial charge in [-0.25, -0.2) is 0 Å². The summed E-state index contributed by atoms with van der Waals surface area (Å²) in [7, 11) is 0. The first-order valence-electron chi connectivity index (χ1n) is 8.34. The highest BCUT2D eigenvalue weighted by molar-refractivity contribution is 5.54. The summed E-state index contributed by atoms with van der Waals surface area (Å²) >= 11 is 0. The van der Waals surface area contributed by atoms with Crippen molar-refractivity contribution in [1.29, 1.82) is 0 Å². The summed E-state index contributed by atoms with van der Waals surface area (Å²) in [4.78, 5) is 2.50. The fraction of sp³-hybridized carbons (Fsp3) is 0.667. The Morgan fingerprint density at radius 1 is 1.29 bits per heavy atom. The largest absolute Gasteiger partial charge is 0.380 e. The molecule has 1 atom stereocenters. The van der Waals surface area contributed by atoms with E-state index in [1.165, 1.54) is 17.7 Å². The Bertz CT molecular complexity index is 419. The Balaban J connectivity index is 2.04. The Hall–Kier alpha value is -1.06. The maximum Gasteiger partial charge on any atom is 0.0641 e. The SMILES string of the molecule is CCCOCCN1CC(CC(C)C)NCc2ccccc21. The topological polar surface area (TPSA) is 24.5 Å². The third-order valence-corrected chi connectivity index (χ3v) is 3.96. The Kier molecular flexibility index (Phi) is 6.52. The van der Waals surface area contributed by atoms with Gasteiger partial charge < -0.3 is 15.0 Å². The molecule has 1 aliphatic rings. The number of nitrogens with one attached hydrogen (secondary N) is 1. The van der Waals surface area contributed by atoms with Crippen molar-refractivity contribution in [1.82, 2.24) is 5.32 Å². The predicted octanol–water partition coefficient (Wildman–Crippen LogP) is 3.44. The van der Waals surface area contributed by atoms with E-state index in [0.29, 0.717) is 6.04 Å². The van der Waals surface area contributed by atoms with Crippen LogP contribution in [-0.4, -0.2) is 32.3 Å². The van der Waals surface area contributed by atoms with Crippen LogP contribution in [0.3, 0.4) is 0 Å². The highest BCUT2D eigenvalue weighted by Crippen LogP contribution is 2.24. The summed E-state index contributed by atoms with van der Waals surface area (Å²) in [6, 6.07) is 9.31. The predicted molar refractivity (Wildman–Crippen MR) is 89.8 cm³/mol. The number of rotatable bonds is 7. The minimum absolute atomic E-state index is 0.559. The minimum atomic E-state index is 0.559. The molecule has 0 fully saturated rings. The zero-order valence-corrected chi connectivity index (χ0v) is 13.8. The van der Waals surface area contributed by atoms with Gasteiger partial charge in [0.05, 0.1) is 6.61 Å². The highest BCUT2D eigenvalue weighted by Gasteiger charge is 2.21. The van der Waals surface area contributed by atoms with Gasteiger partial charge in [-0.05, 0) is 30.4 Å². The van der Waals surface area contributed by atoms with Crippen molar-refractivity contribution in [3.8, 4) is 0 Å². The molecule has 0 aromatic heterocycles. The average Bonchev–Trinajstić information content (AvgIpc) is 2.63. The molecule has 2 rings (SSSR count). The number of hydrogen-bond donors (Lipinski definition) is 1. The summed E-state index contributed by atoms with van der Waals surface area (Å²) < 4.78 is 5.70. The van der Waals surface area contributed by atoms with Gasteiger partial charge in [-0.2, -0.15) is 0 Å². The van der Waals surface area contributed by atoms with Crippen molar-refractivity contribution < 1.29 is 4.74 Å². The number of hydrogen-bond acceptors (Lipinski definition) is 3. The number of benzene rings is 1. The van der Waals surface area contributed by atoms with Crippen molar-refractivity contribution in [2.45, 2.75) is 46.2 Å². The van der Waals surface area contributed by atoms with Crippen molar-refractivity contribution in [2.75, 3.05) is 31.2 Å². The smallest absolute Gasteiger partial charge is 0.0641 e. The van der Waals surface area contributed by atoms with E-state index in [9.17, 15) is 0 Å². The molecule has 21 heavy (non-hydrogen) atoms. The molecule has 1 unspecified atom stereocenters. The minimum Gasteiger partial charge on any atom is -0.380 e. The first-order valence-corrected chi connectivity index (χ1v) is 8.34. The molecular formula is C18H30N2O. The second kappa shape index (κ2) is 8.40. The van der Waals surface area contributed by atoms with Gasteiger partial charge >= 0.3 is 0 Å². The van der Waals surface area contributed by atoms with Crippen LogP contribution in [0, 0.1) is 5.92 Å². The van der Waals surface area contributed by atoms with Gasteiger partial charge in [0.15, 0.2) is 0 Å². The van der Waals surface area contributed by atoms with Gasteiger partial charge in [-0.15, -0.1) is 0 Å². The van der Waals surface area contributed by atoms with E-state index >= 15 is 0 Å². The quantitative estimate of drug-likeness (QED) is 0.779. The van der Waals surface area contributed by atoms with Crippen LogP contribution >= 0.6 is 0 Å². The monoisotopic (exact) mass is 290 g/mol. The molecule has 0 saturated heterocycles. The molecule has 1 aromatic carbocycles. The Morgan fingerprint density at radius 3 is 2.86 bits per heavy atom. The van der Waals surface area contributed by atoms with Gasteiger partial charge in [0.25, 0.3) is 0 Å². The van der Waals surface area contributed by atoms with Crippen LogP contribution in [0.15, 0.2) is 24.3 Å². The molecule has 0 aliphatic carbocycles. The fourth-order valence-electron chi connectivity index (χ4n) is 3.01. The number of anilines is 1. The number of ether oxygens (including phenoxy) is 1. The zero-order chi connectivity index (χ0) is 15.1. The summed E-state index contributed by atoms with van der Waals surface area (Å²) in [5.41, 5.74) is 2.77. The molecule has 3 nitrogen and oxygen atoms in total. The van der Waals surface area contributed by atoms with E-state index in [1.807, 2.05) is 0 Å². The van der Waals surface area contributed by atoms with Crippen LogP contribution < -0.4 is 10.2 Å². The molecule has 1 aliphatic heterocycles. The molecule has 3 heteroatoms.